The van der Waals surface area contributed by atoms with E-state index in [1.54, 1.807) is 5.38 Å². The van der Waals surface area contributed by atoms with Gasteiger partial charge in [0.05, 0.1) is 0 Å². The van der Waals surface area contributed by atoms with Crippen molar-refractivity contribution in [2.75, 3.05) is 19.6 Å². The Morgan fingerprint density at radius 3 is 3.15 bits per heavy atom. The second-order valence-corrected chi connectivity index (χ2v) is 6.26. The zero-order chi connectivity index (χ0) is 14.4. The summed E-state index contributed by atoms with van der Waals surface area (Å²) in [6.45, 7) is 5.65. The third kappa shape index (κ3) is 4.26. The molecule has 1 unspecified atom stereocenters. The molecular formula is C14H24N4OS. The topological polar surface area (TPSA) is 71.2 Å². The molecule has 0 aromatic carbocycles. The molecule has 1 saturated heterocycles. The Labute approximate surface area is 124 Å². The molecule has 1 fully saturated rings. The number of likely N-dealkylation sites (tertiary alicyclic amines) is 1. The van der Waals surface area contributed by atoms with Gasteiger partial charge in [-0.05, 0) is 32.7 Å². The first-order chi connectivity index (χ1) is 9.70. The number of carbonyl (C=O) groups excluding carboxylic acids is 1. The number of thiazole rings is 1. The van der Waals surface area contributed by atoms with Gasteiger partial charge in [-0.3, -0.25) is 4.79 Å². The maximum atomic E-state index is 11.9. The highest BCUT2D eigenvalue weighted by Gasteiger charge is 2.17. The van der Waals surface area contributed by atoms with Crippen molar-refractivity contribution in [3.63, 3.8) is 0 Å². The Morgan fingerprint density at radius 2 is 2.45 bits per heavy atom. The molecule has 0 spiro atoms. The predicted molar refractivity (Wildman–Crippen MR) is 81.8 cm³/mol. The van der Waals surface area contributed by atoms with Crippen molar-refractivity contribution in [3.05, 3.63) is 16.1 Å². The van der Waals surface area contributed by atoms with Crippen molar-refractivity contribution in [3.8, 4) is 0 Å². The number of nitrogens with zero attached hydrogens (tertiary/aromatic N) is 2. The number of nitrogens with two attached hydrogens (primary N) is 1. The molecule has 0 aliphatic carbocycles. The van der Waals surface area contributed by atoms with Crippen LogP contribution in [0.5, 0.6) is 0 Å². The van der Waals surface area contributed by atoms with Crippen LogP contribution in [0.25, 0.3) is 0 Å². The quantitative estimate of drug-likeness (QED) is 0.782. The molecule has 2 heterocycles. The number of hydrogen-bond acceptors (Lipinski definition) is 5. The molecule has 1 aliphatic rings. The standard InChI is InChI=1S/C14H24N4OS/c1-11-5-2-3-7-18(11)8-4-6-16-14(19)12-10-20-13(9-15)17-12/h10-11H,2-9,15H2,1H3,(H,16,19). The van der Waals surface area contributed by atoms with Gasteiger partial charge in [-0.25, -0.2) is 4.98 Å². The molecule has 1 atom stereocenters. The van der Waals surface area contributed by atoms with Gasteiger partial charge in [-0.1, -0.05) is 6.42 Å². The summed E-state index contributed by atoms with van der Waals surface area (Å²) in [7, 11) is 0. The van der Waals surface area contributed by atoms with E-state index >= 15 is 0 Å². The van der Waals surface area contributed by atoms with Crippen LogP contribution in [0.4, 0.5) is 0 Å². The number of aromatic nitrogens is 1. The minimum atomic E-state index is -0.0901. The highest BCUT2D eigenvalue weighted by Crippen LogP contribution is 2.16. The van der Waals surface area contributed by atoms with E-state index in [0.29, 0.717) is 24.8 Å². The maximum Gasteiger partial charge on any atom is 0.270 e. The fraction of sp³-hybridized carbons (Fsp3) is 0.714. The van der Waals surface area contributed by atoms with Crippen molar-refractivity contribution in [1.29, 1.82) is 0 Å². The molecule has 1 aliphatic heterocycles. The molecular weight excluding hydrogens is 272 g/mol. The summed E-state index contributed by atoms with van der Waals surface area (Å²) in [5.74, 6) is -0.0901. The van der Waals surface area contributed by atoms with Crippen LogP contribution < -0.4 is 11.1 Å². The number of nitrogens with one attached hydrogen (secondary N) is 1. The second-order valence-electron chi connectivity index (χ2n) is 5.32. The number of hydrogen-bond donors (Lipinski definition) is 2. The molecule has 0 radical (unpaired) electrons. The van der Waals surface area contributed by atoms with Crippen LogP contribution in [0.3, 0.4) is 0 Å². The summed E-state index contributed by atoms with van der Waals surface area (Å²) < 4.78 is 0. The monoisotopic (exact) mass is 296 g/mol. The number of piperidine rings is 1. The van der Waals surface area contributed by atoms with Crippen molar-refractivity contribution >= 4 is 17.2 Å². The van der Waals surface area contributed by atoms with Gasteiger partial charge in [0, 0.05) is 31.1 Å². The molecule has 1 aromatic heterocycles. The van der Waals surface area contributed by atoms with Gasteiger partial charge in [0.2, 0.25) is 0 Å². The van der Waals surface area contributed by atoms with Gasteiger partial charge in [-0.2, -0.15) is 0 Å². The van der Waals surface area contributed by atoms with Crippen LogP contribution in [0, 0.1) is 0 Å². The zero-order valence-corrected chi connectivity index (χ0v) is 12.9. The van der Waals surface area contributed by atoms with Crippen LogP contribution in [0.1, 0.15) is 48.1 Å². The second kappa shape index (κ2) is 7.71. The fourth-order valence-corrected chi connectivity index (χ4v) is 3.23. The van der Waals surface area contributed by atoms with Crippen LogP contribution >= 0.6 is 11.3 Å². The van der Waals surface area contributed by atoms with Crippen LogP contribution in [-0.2, 0) is 6.54 Å². The minimum Gasteiger partial charge on any atom is -0.351 e. The van der Waals surface area contributed by atoms with E-state index in [9.17, 15) is 4.79 Å². The SMILES string of the molecule is CC1CCCCN1CCCNC(=O)c1csc(CN)n1. The first-order valence-corrected chi connectivity index (χ1v) is 8.25. The predicted octanol–water partition coefficient (Wildman–Crippen LogP) is 1.60. The van der Waals surface area contributed by atoms with E-state index in [1.165, 1.54) is 37.1 Å². The van der Waals surface area contributed by atoms with Gasteiger partial charge in [0.25, 0.3) is 5.91 Å². The molecule has 1 amide bonds. The van der Waals surface area contributed by atoms with Crippen LogP contribution in [0.15, 0.2) is 5.38 Å². The van der Waals surface area contributed by atoms with E-state index in [0.717, 1.165) is 18.0 Å². The van der Waals surface area contributed by atoms with E-state index < -0.39 is 0 Å². The minimum absolute atomic E-state index is 0.0901. The van der Waals surface area contributed by atoms with Gasteiger partial charge in [0.1, 0.15) is 10.7 Å². The lowest BCUT2D eigenvalue weighted by Gasteiger charge is -2.33. The third-order valence-electron chi connectivity index (χ3n) is 3.81. The van der Waals surface area contributed by atoms with E-state index in [1.807, 2.05) is 0 Å². The average molecular weight is 296 g/mol. The molecule has 20 heavy (non-hydrogen) atoms. The highest BCUT2D eigenvalue weighted by molar-refractivity contribution is 7.09. The summed E-state index contributed by atoms with van der Waals surface area (Å²) >= 11 is 1.43. The molecule has 2 rings (SSSR count). The van der Waals surface area contributed by atoms with Crippen molar-refractivity contribution in [2.45, 2.75) is 45.2 Å². The summed E-state index contributed by atoms with van der Waals surface area (Å²) in [6, 6.07) is 0.685. The Kier molecular flexibility index (Phi) is 5.94. The average Bonchev–Trinajstić information content (AvgIpc) is 2.94. The summed E-state index contributed by atoms with van der Waals surface area (Å²) in [5, 5.41) is 5.50. The molecule has 0 bridgehead atoms. The van der Waals surface area contributed by atoms with Gasteiger partial charge in [0.15, 0.2) is 0 Å². The lowest BCUT2D eigenvalue weighted by Crippen LogP contribution is -2.39. The van der Waals surface area contributed by atoms with E-state index in [-0.39, 0.29) is 5.91 Å². The smallest absolute Gasteiger partial charge is 0.270 e. The van der Waals surface area contributed by atoms with Crippen molar-refractivity contribution < 1.29 is 4.79 Å². The van der Waals surface area contributed by atoms with Gasteiger partial charge >= 0.3 is 0 Å². The van der Waals surface area contributed by atoms with E-state index in [4.69, 9.17) is 5.73 Å². The Balaban J connectivity index is 1.66. The Bertz CT molecular complexity index is 435. The lowest BCUT2D eigenvalue weighted by molar-refractivity contribution is 0.0944. The summed E-state index contributed by atoms with van der Waals surface area (Å²) in [4.78, 5) is 18.6. The summed E-state index contributed by atoms with van der Waals surface area (Å²) in [5.41, 5.74) is 5.98. The van der Waals surface area contributed by atoms with E-state index in [2.05, 4.69) is 22.1 Å². The van der Waals surface area contributed by atoms with Crippen LogP contribution in [0.2, 0.25) is 0 Å². The van der Waals surface area contributed by atoms with Gasteiger partial charge < -0.3 is 16.0 Å². The largest absolute Gasteiger partial charge is 0.351 e. The Morgan fingerprint density at radius 1 is 1.60 bits per heavy atom. The third-order valence-corrected chi connectivity index (χ3v) is 4.68. The molecule has 6 heteroatoms. The molecule has 5 nitrogen and oxygen atoms in total. The number of carbonyl (C=O) groups is 1. The first kappa shape index (κ1) is 15.4. The molecule has 3 N–H and O–H groups in total. The molecule has 1 aromatic rings. The summed E-state index contributed by atoms with van der Waals surface area (Å²) in [6.07, 6.45) is 4.94. The first-order valence-electron chi connectivity index (χ1n) is 7.37. The number of rotatable bonds is 6. The Hall–Kier alpha value is -0.980. The highest BCUT2D eigenvalue weighted by atomic mass is 32.1. The van der Waals surface area contributed by atoms with Crippen molar-refractivity contribution in [2.24, 2.45) is 5.73 Å². The van der Waals surface area contributed by atoms with Crippen molar-refractivity contribution in [1.82, 2.24) is 15.2 Å². The van der Waals surface area contributed by atoms with Crippen LogP contribution in [-0.4, -0.2) is 41.5 Å². The zero-order valence-electron chi connectivity index (χ0n) is 12.1. The maximum absolute atomic E-state index is 11.9. The number of amides is 1. The molecule has 112 valence electrons. The lowest BCUT2D eigenvalue weighted by atomic mass is 10.0. The normalized spacial score (nSPS) is 20.0. The fourth-order valence-electron chi connectivity index (χ4n) is 2.57. The molecule has 0 saturated carbocycles. The van der Waals surface area contributed by atoms with Gasteiger partial charge in [-0.15, -0.1) is 11.3 Å².